The molecule has 0 bridgehead atoms. The molecule has 27 heavy (non-hydrogen) atoms. The van der Waals surface area contributed by atoms with Crippen molar-refractivity contribution in [1.29, 1.82) is 0 Å². The van der Waals surface area contributed by atoms with Crippen LogP contribution < -0.4 is 15.4 Å². The van der Waals surface area contributed by atoms with Crippen LogP contribution in [-0.4, -0.2) is 23.3 Å². The average Bonchev–Trinajstić information content (AvgIpc) is 2.62. The summed E-state index contributed by atoms with van der Waals surface area (Å²) in [4.78, 5) is 34.0. The molecule has 2 aromatic carbocycles. The van der Waals surface area contributed by atoms with E-state index >= 15 is 0 Å². The van der Waals surface area contributed by atoms with E-state index in [2.05, 4.69) is 10.6 Å². The Bertz CT molecular complexity index is 870. The van der Waals surface area contributed by atoms with E-state index in [1.807, 2.05) is 0 Å². The molecule has 9 heteroatoms. The van der Waals surface area contributed by atoms with Gasteiger partial charge in [0.05, 0.1) is 15.6 Å². The Kier molecular flexibility index (Phi) is 6.73. The number of hydrogen-bond acceptors (Lipinski definition) is 5. The highest BCUT2D eigenvalue weighted by atomic mass is 35.5. The number of hydrogen-bond donors (Lipinski definition) is 2. The molecule has 0 aliphatic carbocycles. The molecule has 142 valence electrons. The van der Waals surface area contributed by atoms with Crippen LogP contribution in [0.2, 0.25) is 5.02 Å². The molecule has 2 N–H and O–H groups in total. The number of anilines is 2. The highest BCUT2D eigenvalue weighted by Crippen LogP contribution is 2.26. The quantitative estimate of drug-likeness (QED) is 0.550. The molecular formula is C18H18ClN3O5. The molecule has 2 rings (SSSR count). The topological polar surface area (TPSA) is 111 Å². The monoisotopic (exact) mass is 391 g/mol. The van der Waals surface area contributed by atoms with Crippen LogP contribution in [0.5, 0.6) is 5.75 Å². The third kappa shape index (κ3) is 5.96. The summed E-state index contributed by atoms with van der Waals surface area (Å²) in [6.45, 7) is 3.22. The number of non-ortho nitro benzene ring substituents is 1. The lowest BCUT2D eigenvalue weighted by atomic mass is 10.2. The smallest absolute Gasteiger partial charge is 0.271 e. The number of ether oxygens (including phenoxy) is 1. The molecule has 0 saturated carbocycles. The van der Waals surface area contributed by atoms with Crippen molar-refractivity contribution in [3.05, 3.63) is 57.6 Å². The van der Waals surface area contributed by atoms with E-state index in [9.17, 15) is 19.7 Å². The minimum absolute atomic E-state index is 0.123. The Morgan fingerprint density at radius 1 is 1.19 bits per heavy atom. The summed E-state index contributed by atoms with van der Waals surface area (Å²) in [5.41, 5.74) is 0.481. The van der Waals surface area contributed by atoms with Gasteiger partial charge < -0.3 is 15.4 Å². The Hall–Kier alpha value is -3.13. The predicted octanol–water partition coefficient (Wildman–Crippen LogP) is 3.86. The molecule has 0 aromatic heterocycles. The van der Waals surface area contributed by atoms with Crippen molar-refractivity contribution < 1.29 is 19.2 Å². The van der Waals surface area contributed by atoms with Crippen LogP contribution >= 0.6 is 11.6 Å². The summed E-state index contributed by atoms with van der Waals surface area (Å²) in [6.07, 6.45) is 0. The molecule has 0 aliphatic rings. The number of rotatable bonds is 7. The molecule has 0 spiro atoms. The second-order valence-electron chi connectivity index (χ2n) is 5.93. The summed E-state index contributed by atoms with van der Waals surface area (Å²) < 4.78 is 5.40. The van der Waals surface area contributed by atoms with Gasteiger partial charge in [0.2, 0.25) is 5.91 Å². The van der Waals surface area contributed by atoms with Gasteiger partial charge in [0.15, 0.2) is 6.61 Å². The van der Waals surface area contributed by atoms with Gasteiger partial charge in [0.25, 0.3) is 11.6 Å². The Morgan fingerprint density at radius 2 is 1.93 bits per heavy atom. The first-order valence-corrected chi connectivity index (χ1v) is 8.41. The predicted molar refractivity (Wildman–Crippen MR) is 102 cm³/mol. The molecule has 0 fully saturated rings. The second kappa shape index (κ2) is 9.00. The third-order valence-electron chi connectivity index (χ3n) is 3.43. The van der Waals surface area contributed by atoms with Gasteiger partial charge in [-0.25, -0.2) is 0 Å². The Morgan fingerprint density at radius 3 is 2.59 bits per heavy atom. The minimum Gasteiger partial charge on any atom is -0.484 e. The zero-order chi connectivity index (χ0) is 20.0. The number of nitrogens with zero attached hydrogens (tertiary/aromatic N) is 1. The molecule has 2 aromatic rings. The standard InChI is InChI=1S/C18H18ClN3O5/c1-11(2)18(24)20-12-4-3-5-14(8-12)27-10-17(23)21-16-9-13(22(25)26)6-7-15(16)19/h3-9,11H,10H2,1-2H3,(H,20,24)(H,21,23). The van der Waals surface area contributed by atoms with E-state index in [0.29, 0.717) is 11.4 Å². The van der Waals surface area contributed by atoms with Crippen molar-refractivity contribution in [2.75, 3.05) is 17.2 Å². The van der Waals surface area contributed by atoms with E-state index in [1.54, 1.807) is 38.1 Å². The van der Waals surface area contributed by atoms with Crippen LogP contribution in [0.25, 0.3) is 0 Å². The van der Waals surface area contributed by atoms with Crippen LogP contribution in [0.15, 0.2) is 42.5 Å². The first-order chi connectivity index (χ1) is 12.8. The molecule has 0 saturated heterocycles. The van der Waals surface area contributed by atoms with Gasteiger partial charge in [-0.2, -0.15) is 0 Å². The van der Waals surface area contributed by atoms with Crippen LogP contribution in [-0.2, 0) is 9.59 Å². The van der Waals surface area contributed by atoms with Crippen LogP contribution in [0.3, 0.4) is 0 Å². The maximum absolute atomic E-state index is 12.0. The molecule has 0 heterocycles. The Labute approximate surface area is 160 Å². The average molecular weight is 392 g/mol. The highest BCUT2D eigenvalue weighted by Gasteiger charge is 2.13. The summed E-state index contributed by atoms with van der Waals surface area (Å²) >= 11 is 5.94. The first kappa shape index (κ1) is 20.2. The molecule has 0 aliphatic heterocycles. The van der Waals surface area contributed by atoms with Crippen LogP contribution in [0.1, 0.15) is 13.8 Å². The number of benzene rings is 2. The number of nitro groups is 1. The van der Waals surface area contributed by atoms with E-state index in [-0.39, 0.29) is 34.8 Å². The van der Waals surface area contributed by atoms with Crippen molar-refractivity contribution in [2.45, 2.75) is 13.8 Å². The number of carbonyl (C=O) groups excluding carboxylic acids is 2. The van der Waals surface area contributed by atoms with Crippen molar-refractivity contribution >= 4 is 40.5 Å². The van der Waals surface area contributed by atoms with Gasteiger partial charge in [-0.05, 0) is 18.2 Å². The summed E-state index contributed by atoms with van der Waals surface area (Å²) in [6, 6.07) is 10.4. The first-order valence-electron chi connectivity index (χ1n) is 8.04. The maximum atomic E-state index is 12.0. The normalized spacial score (nSPS) is 10.4. The largest absolute Gasteiger partial charge is 0.484 e. The van der Waals surface area contributed by atoms with E-state index < -0.39 is 10.8 Å². The molecule has 0 radical (unpaired) electrons. The fourth-order valence-corrected chi connectivity index (χ4v) is 2.17. The fourth-order valence-electron chi connectivity index (χ4n) is 2.01. The van der Waals surface area contributed by atoms with Crippen molar-refractivity contribution in [2.24, 2.45) is 5.92 Å². The summed E-state index contributed by atoms with van der Waals surface area (Å²) in [5.74, 6) is -0.448. The third-order valence-corrected chi connectivity index (χ3v) is 3.76. The van der Waals surface area contributed by atoms with E-state index in [4.69, 9.17) is 16.3 Å². The van der Waals surface area contributed by atoms with Gasteiger partial charge in [0.1, 0.15) is 5.75 Å². The van der Waals surface area contributed by atoms with Crippen LogP contribution in [0.4, 0.5) is 17.1 Å². The number of amides is 2. The lowest BCUT2D eigenvalue weighted by Crippen LogP contribution is -2.20. The van der Waals surface area contributed by atoms with E-state index in [0.717, 1.165) is 0 Å². The maximum Gasteiger partial charge on any atom is 0.271 e. The SMILES string of the molecule is CC(C)C(=O)Nc1cccc(OCC(=O)Nc2cc([N+](=O)[O-])ccc2Cl)c1. The lowest BCUT2D eigenvalue weighted by Gasteiger charge is -2.11. The van der Waals surface area contributed by atoms with Crippen molar-refractivity contribution in [3.8, 4) is 5.75 Å². The number of carbonyl (C=O) groups is 2. The van der Waals surface area contributed by atoms with Gasteiger partial charge in [-0.15, -0.1) is 0 Å². The number of nitro benzene ring substituents is 1. The van der Waals surface area contributed by atoms with Gasteiger partial charge in [-0.3, -0.25) is 19.7 Å². The van der Waals surface area contributed by atoms with Gasteiger partial charge in [0, 0.05) is 29.8 Å². The summed E-state index contributed by atoms with van der Waals surface area (Å²) in [5, 5.41) is 16.2. The summed E-state index contributed by atoms with van der Waals surface area (Å²) in [7, 11) is 0. The molecule has 0 unspecified atom stereocenters. The lowest BCUT2D eigenvalue weighted by molar-refractivity contribution is -0.384. The van der Waals surface area contributed by atoms with Crippen LogP contribution in [0, 0.1) is 16.0 Å². The van der Waals surface area contributed by atoms with Crippen molar-refractivity contribution in [1.82, 2.24) is 0 Å². The zero-order valence-corrected chi connectivity index (χ0v) is 15.4. The second-order valence-corrected chi connectivity index (χ2v) is 6.34. The number of nitrogens with one attached hydrogen (secondary N) is 2. The van der Waals surface area contributed by atoms with Gasteiger partial charge in [-0.1, -0.05) is 31.5 Å². The van der Waals surface area contributed by atoms with E-state index in [1.165, 1.54) is 18.2 Å². The van der Waals surface area contributed by atoms with Crippen molar-refractivity contribution in [3.63, 3.8) is 0 Å². The minimum atomic E-state index is -0.584. The highest BCUT2D eigenvalue weighted by molar-refractivity contribution is 6.33. The van der Waals surface area contributed by atoms with Gasteiger partial charge >= 0.3 is 0 Å². The zero-order valence-electron chi connectivity index (χ0n) is 14.7. The molecular weight excluding hydrogens is 374 g/mol. The fraction of sp³-hybridized carbons (Fsp3) is 0.222. The molecule has 0 atom stereocenters. The number of halogens is 1. The Balaban J connectivity index is 1.97. The molecule has 2 amide bonds. The molecule has 8 nitrogen and oxygen atoms in total.